The van der Waals surface area contributed by atoms with Crippen molar-refractivity contribution in [2.45, 2.75) is 5.41 Å². The molecule has 1 heterocycles. The summed E-state index contributed by atoms with van der Waals surface area (Å²) in [4.78, 5) is 2.39. The second kappa shape index (κ2) is 17.6. The Balaban J connectivity index is 0.852. The summed E-state index contributed by atoms with van der Waals surface area (Å²) >= 11 is 1.88. The van der Waals surface area contributed by atoms with Crippen LogP contribution in [0.4, 0.5) is 17.1 Å². The standard InChI is InChI=1S/C71H47NS/c1-3-19-57(20-4-1)71(58-21-5-2-6-22-58)67-27-11-9-23-63(67)64-44-37-56(47-68(64)71)50-33-40-60(41-34-50)72(61-42-35-51(36-43-61)62-25-14-26-66-65-24-10-12-28-69(65)73-70(62)66)59-38-31-49(32-39-59)53-17-13-18-54(45-53)55-30-29-48-15-7-8-16-52(48)46-55/h1-47H. The van der Waals surface area contributed by atoms with Gasteiger partial charge in [-0.05, 0) is 149 Å². The van der Waals surface area contributed by atoms with Crippen molar-refractivity contribution >= 4 is 59.3 Å². The van der Waals surface area contributed by atoms with Gasteiger partial charge in [-0.3, -0.25) is 0 Å². The van der Waals surface area contributed by atoms with Crippen LogP contribution in [0.15, 0.2) is 285 Å². The normalized spacial score (nSPS) is 12.5. The van der Waals surface area contributed by atoms with Crippen molar-refractivity contribution in [1.82, 2.24) is 0 Å². The van der Waals surface area contributed by atoms with Crippen molar-refractivity contribution in [2.24, 2.45) is 0 Å². The third kappa shape index (κ3) is 7.21. The lowest BCUT2D eigenvalue weighted by Gasteiger charge is -2.34. The summed E-state index contributed by atoms with van der Waals surface area (Å²) in [5.41, 5.74) is 20.2. The van der Waals surface area contributed by atoms with Crippen LogP contribution in [0.2, 0.25) is 0 Å². The molecule has 2 heteroatoms. The van der Waals surface area contributed by atoms with Crippen molar-refractivity contribution in [3.63, 3.8) is 0 Å². The van der Waals surface area contributed by atoms with E-state index < -0.39 is 5.41 Å². The molecule has 1 aromatic heterocycles. The minimum Gasteiger partial charge on any atom is -0.311 e. The molecule has 1 aliphatic carbocycles. The van der Waals surface area contributed by atoms with Gasteiger partial charge in [0, 0.05) is 37.2 Å². The van der Waals surface area contributed by atoms with Crippen LogP contribution >= 0.6 is 11.3 Å². The van der Waals surface area contributed by atoms with Crippen LogP contribution in [0.1, 0.15) is 22.3 Å². The van der Waals surface area contributed by atoms with Crippen LogP contribution < -0.4 is 4.90 Å². The Morgan fingerprint density at radius 3 is 1.45 bits per heavy atom. The number of nitrogens with zero attached hydrogens (tertiary/aromatic N) is 1. The van der Waals surface area contributed by atoms with Crippen molar-refractivity contribution in [3.05, 3.63) is 307 Å². The van der Waals surface area contributed by atoms with Gasteiger partial charge in [-0.15, -0.1) is 11.3 Å². The predicted octanol–water partition coefficient (Wildman–Crippen LogP) is 19.7. The van der Waals surface area contributed by atoms with E-state index in [1.165, 1.54) is 109 Å². The van der Waals surface area contributed by atoms with Gasteiger partial charge in [0.25, 0.3) is 0 Å². The topological polar surface area (TPSA) is 3.24 Å². The summed E-state index contributed by atoms with van der Waals surface area (Å²) < 4.78 is 2.64. The molecule has 13 aromatic rings. The van der Waals surface area contributed by atoms with Gasteiger partial charge < -0.3 is 4.90 Å². The molecule has 0 saturated heterocycles. The van der Waals surface area contributed by atoms with Crippen LogP contribution in [0, 0.1) is 0 Å². The number of anilines is 3. The molecule has 0 unspecified atom stereocenters. The predicted molar refractivity (Wildman–Crippen MR) is 311 cm³/mol. The van der Waals surface area contributed by atoms with Gasteiger partial charge >= 0.3 is 0 Å². The van der Waals surface area contributed by atoms with Gasteiger partial charge in [0.2, 0.25) is 0 Å². The summed E-state index contributed by atoms with van der Waals surface area (Å²) in [5, 5.41) is 5.13. The van der Waals surface area contributed by atoms with E-state index in [1.807, 2.05) is 11.3 Å². The zero-order valence-electron chi connectivity index (χ0n) is 40.0. The SMILES string of the molecule is c1ccc(C2(c3ccccc3)c3ccccc3-c3ccc(-c4ccc(N(c5ccc(-c6cccc(-c7ccc8ccccc8c7)c6)cc5)c5ccc(-c6cccc7c6sc6ccccc67)cc5)cc4)cc32)cc1. The zero-order valence-corrected chi connectivity index (χ0v) is 40.8. The van der Waals surface area contributed by atoms with Gasteiger partial charge in [0.05, 0.1) is 5.41 Å². The molecule has 342 valence electrons. The number of benzene rings is 12. The van der Waals surface area contributed by atoms with Crippen molar-refractivity contribution in [2.75, 3.05) is 4.90 Å². The Labute approximate surface area is 430 Å². The van der Waals surface area contributed by atoms with E-state index in [0.717, 1.165) is 17.1 Å². The van der Waals surface area contributed by atoms with Crippen molar-refractivity contribution in [1.29, 1.82) is 0 Å². The second-order valence-electron chi connectivity index (χ2n) is 19.2. The molecule has 14 rings (SSSR count). The Morgan fingerprint density at radius 1 is 0.274 bits per heavy atom. The van der Waals surface area contributed by atoms with Crippen LogP contribution in [0.5, 0.6) is 0 Å². The molecule has 0 atom stereocenters. The molecule has 0 saturated carbocycles. The van der Waals surface area contributed by atoms with Crippen molar-refractivity contribution < 1.29 is 0 Å². The van der Waals surface area contributed by atoms with Gasteiger partial charge in [-0.1, -0.05) is 224 Å². The maximum atomic E-state index is 2.45. The Morgan fingerprint density at radius 2 is 0.753 bits per heavy atom. The fourth-order valence-corrected chi connectivity index (χ4v) is 12.9. The zero-order chi connectivity index (χ0) is 48.3. The van der Waals surface area contributed by atoms with Gasteiger partial charge in [0.15, 0.2) is 0 Å². The fraction of sp³-hybridized carbons (Fsp3) is 0.0141. The van der Waals surface area contributed by atoms with E-state index in [-0.39, 0.29) is 0 Å². The van der Waals surface area contributed by atoms with Crippen LogP contribution in [0.25, 0.3) is 86.6 Å². The molecular weight excluding hydrogens is 899 g/mol. The molecular formula is C71H47NS. The third-order valence-electron chi connectivity index (χ3n) is 15.2. The van der Waals surface area contributed by atoms with E-state index in [1.54, 1.807) is 0 Å². The summed E-state index contributed by atoms with van der Waals surface area (Å²) in [6.07, 6.45) is 0. The number of thiophene rings is 1. The quantitative estimate of drug-likeness (QED) is 0.139. The first-order chi connectivity index (χ1) is 36.2. The van der Waals surface area contributed by atoms with Crippen molar-refractivity contribution in [3.8, 4) is 55.6 Å². The monoisotopic (exact) mass is 945 g/mol. The Bertz CT molecular complexity index is 4130. The molecule has 0 aliphatic heterocycles. The highest BCUT2D eigenvalue weighted by Gasteiger charge is 2.46. The lowest BCUT2D eigenvalue weighted by Crippen LogP contribution is -2.28. The fourth-order valence-electron chi connectivity index (χ4n) is 11.7. The number of hydrogen-bond donors (Lipinski definition) is 0. The van der Waals surface area contributed by atoms with Crippen LogP contribution in [-0.4, -0.2) is 0 Å². The molecule has 0 spiro atoms. The number of hydrogen-bond acceptors (Lipinski definition) is 2. The first-order valence-corrected chi connectivity index (χ1v) is 26.0. The molecule has 12 aromatic carbocycles. The lowest BCUT2D eigenvalue weighted by atomic mass is 9.67. The highest BCUT2D eigenvalue weighted by Crippen LogP contribution is 2.57. The molecule has 1 nitrogen and oxygen atoms in total. The Hall–Kier alpha value is -9.08. The second-order valence-corrected chi connectivity index (χ2v) is 20.2. The average Bonchev–Trinajstić information content (AvgIpc) is 4.00. The van der Waals surface area contributed by atoms with E-state index in [4.69, 9.17) is 0 Å². The average molecular weight is 946 g/mol. The summed E-state index contributed by atoms with van der Waals surface area (Å²) in [7, 11) is 0. The summed E-state index contributed by atoms with van der Waals surface area (Å²) in [6, 6.07) is 105. The van der Waals surface area contributed by atoms with Crippen LogP contribution in [0.3, 0.4) is 0 Å². The van der Waals surface area contributed by atoms with E-state index in [2.05, 4.69) is 290 Å². The van der Waals surface area contributed by atoms with Gasteiger partial charge in [-0.2, -0.15) is 0 Å². The maximum Gasteiger partial charge on any atom is 0.0713 e. The molecule has 0 bridgehead atoms. The van der Waals surface area contributed by atoms with E-state index >= 15 is 0 Å². The molecule has 0 amide bonds. The maximum absolute atomic E-state index is 2.45. The number of fused-ring (bicyclic) bond motifs is 7. The molecule has 0 radical (unpaired) electrons. The number of rotatable bonds is 9. The lowest BCUT2D eigenvalue weighted by molar-refractivity contribution is 0.769. The highest BCUT2D eigenvalue weighted by atomic mass is 32.1. The smallest absolute Gasteiger partial charge is 0.0713 e. The molecule has 1 aliphatic rings. The largest absolute Gasteiger partial charge is 0.311 e. The highest BCUT2D eigenvalue weighted by molar-refractivity contribution is 7.26. The molecule has 0 N–H and O–H groups in total. The van der Waals surface area contributed by atoms with E-state index in [0.29, 0.717) is 0 Å². The first-order valence-electron chi connectivity index (χ1n) is 25.1. The first kappa shape index (κ1) is 42.8. The minimum atomic E-state index is -0.459. The van der Waals surface area contributed by atoms with E-state index in [9.17, 15) is 0 Å². The van der Waals surface area contributed by atoms with Crippen LogP contribution in [-0.2, 0) is 5.41 Å². The third-order valence-corrected chi connectivity index (χ3v) is 16.4. The Kier molecular flexibility index (Phi) is 10.3. The summed E-state index contributed by atoms with van der Waals surface area (Å²) in [5.74, 6) is 0. The van der Waals surface area contributed by atoms with Gasteiger partial charge in [-0.25, -0.2) is 0 Å². The molecule has 73 heavy (non-hydrogen) atoms. The molecule has 0 fully saturated rings. The van der Waals surface area contributed by atoms with Gasteiger partial charge in [0.1, 0.15) is 0 Å². The summed E-state index contributed by atoms with van der Waals surface area (Å²) in [6.45, 7) is 0. The minimum absolute atomic E-state index is 0.459.